The van der Waals surface area contributed by atoms with Crippen LogP contribution in [0.5, 0.6) is 0 Å². The summed E-state index contributed by atoms with van der Waals surface area (Å²) in [6.45, 7) is 24.0. The molecule has 43 heavy (non-hydrogen) atoms. The van der Waals surface area contributed by atoms with Crippen molar-refractivity contribution >= 4 is 5.91 Å². The molecule has 0 aromatic heterocycles. The Balaban J connectivity index is -0.000000559. The molecule has 0 radical (unpaired) electrons. The zero-order chi connectivity index (χ0) is 34.5. The van der Waals surface area contributed by atoms with Crippen molar-refractivity contribution in [2.75, 3.05) is 59.2 Å². The third-order valence-corrected chi connectivity index (χ3v) is 5.14. The van der Waals surface area contributed by atoms with Crippen molar-refractivity contribution in [3.05, 3.63) is 0 Å². The van der Waals surface area contributed by atoms with E-state index in [1.807, 2.05) is 83.1 Å². The Morgan fingerprint density at radius 3 is 1.28 bits per heavy atom. The summed E-state index contributed by atoms with van der Waals surface area (Å²) >= 11 is 0. The minimum Gasteiger partial charge on any atom is -0.378 e. The molecular formula is C30H61F6N3O4. The molecule has 0 saturated carbocycles. The van der Waals surface area contributed by atoms with E-state index in [1.54, 1.807) is 0 Å². The average Bonchev–Trinajstić information content (AvgIpc) is 2.83. The number of halogens is 6. The van der Waals surface area contributed by atoms with Crippen LogP contribution in [0.25, 0.3) is 0 Å². The number of rotatable bonds is 19. The zero-order valence-corrected chi connectivity index (χ0v) is 28.6. The highest BCUT2D eigenvalue weighted by Gasteiger charge is 2.28. The largest absolute Gasteiger partial charge is 0.401 e. The van der Waals surface area contributed by atoms with Gasteiger partial charge in [-0.2, -0.15) is 13.2 Å². The van der Waals surface area contributed by atoms with Crippen LogP contribution in [0.1, 0.15) is 83.1 Å². The molecule has 0 bridgehead atoms. The highest BCUT2D eigenvalue weighted by molar-refractivity contribution is 5.76. The quantitative estimate of drug-likeness (QED) is 0.142. The standard InChI is InChI=1S/C10H20F3NO.C10H21F2NO.C10H20FNO2/c1-8(2)15-7-9(3,4)5-14-6-10(11,12)13;1-8(2)14-7-10(3,4)6-13-5-9(11)12;1-8(2)14-7-10(3,4)6-12-9(13)5-11/h8,14H,5-7H2,1-4H3;8-9,13H,5-7H2,1-4H3;8H,5-7H2,1-4H3,(H,12,13). The summed E-state index contributed by atoms with van der Waals surface area (Å²) in [6.07, 6.45) is -5.96. The zero-order valence-electron chi connectivity index (χ0n) is 28.6. The molecule has 0 rings (SSSR count). The average molecular weight is 642 g/mol. The van der Waals surface area contributed by atoms with Gasteiger partial charge in [0.05, 0.1) is 51.2 Å². The topological polar surface area (TPSA) is 80.9 Å². The summed E-state index contributed by atoms with van der Waals surface area (Å²) in [5.74, 6) is -0.567. The normalized spacial score (nSPS) is 12.8. The van der Waals surface area contributed by atoms with Gasteiger partial charge in [0.15, 0.2) is 6.67 Å². The number of hydrogen-bond donors (Lipinski definition) is 3. The Morgan fingerprint density at radius 1 is 0.628 bits per heavy atom. The van der Waals surface area contributed by atoms with Gasteiger partial charge in [-0.25, -0.2) is 13.2 Å². The van der Waals surface area contributed by atoms with Crippen LogP contribution in [0.3, 0.4) is 0 Å². The molecule has 7 nitrogen and oxygen atoms in total. The number of amides is 1. The van der Waals surface area contributed by atoms with Crippen LogP contribution in [-0.4, -0.2) is 96.0 Å². The van der Waals surface area contributed by atoms with Gasteiger partial charge in [0, 0.05) is 35.9 Å². The highest BCUT2D eigenvalue weighted by Crippen LogP contribution is 2.18. The molecule has 0 spiro atoms. The third-order valence-electron chi connectivity index (χ3n) is 5.14. The Morgan fingerprint density at radius 2 is 0.977 bits per heavy atom. The highest BCUT2D eigenvalue weighted by atomic mass is 19.4. The van der Waals surface area contributed by atoms with E-state index in [0.29, 0.717) is 39.5 Å². The number of carbonyl (C=O) groups excluding carboxylic acids is 1. The van der Waals surface area contributed by atoms with Crippen molar-refractivity contribution in [1.29, 1.82) is 0 Å². The van der Waals surface area contributed by atoms with E-state index in [-0.39, 0.29) is 41.1 Å². The summed E-state index contributed by atoms with van der Waals surface area (Å²) in [5, 5.41) is 7.61. The molecule has 0 aromatic rings. The lowest BCUT2D eigenvalue weighted by molar-refractivity contribution is -0.126. The van der Waals surface area contributed by atoms with Crippen LogP contribution in [-0.2, 0) is 19.0 Å². The van der Waals surface area contributed by atoms with Crippen LogP contribution >= 0.6 is 0 Å². The first kappa shape index (κ1) is 46.3. The summed E-state index contributed by atoms with van der Waals surface area (Å²) in [5.41, 5.74) is -0.538. The van der Waals surface area contributed by atoms with Gasteiger partial charge in [-0.1, -0.05) is 41.5 Å². The van der Waals surface area contributed by atoms with Gasteiger partial charge in [0.1, 0.15) is 0 Å². The maximum atomic E-state index is 11.9. The molecule has 3 N–H and O–H groups in total. The number of alkyl halides is 6. The number of nitrogens with one attached hydrogen (secondary N) is 3. The minimum absolute atomic E-state index is 0.0981. The predicted molar refractivity (Wildman–Crippen MR) is 161 cm³/mol. The molecular weight excluding hydrogens is 580 g/mol. The molecule has 0 aliphatic carbocycles. The fraction of sp³-hybridized carbons (Fsp3) is 0.967. The van der Waals surface area contributed by atoms with Gasteiger partial charge in [0.2, 0.25) is 0 Å². The summed E-state index contributed by atoms with van der Waals surface area (Å²) in [4.78, 5) is 10.7. The van der Waals surface area contributed by atoms with E-state index < -0.39 is 31.7 Å². The maximum absolute atomic E-state index is 11.9. The van der Waals surface area contributed by atoms with Gasteiger partial charge in [-0.3, -0.25) is 4.79 Å². The smallest absolute Gasteiger partial charge is 0.378 e. The molecule has 0 unspecified atom stereocenters. The molecule has 0 aromatic carbocycles. The number of hydrogen-bond acceptors (Lipinski definition) is 6. The van der Waals surface area contributed by atoms with Crippen molar-refractivity contribution in [3.63, 3.8) is 0 Å². The lowest BCUT2D eigenvalue weighted by atomic mass is 9.95. The first-order valence-electron chi connectivity index (χ1n) is 14.8. The van der Waals surface area contributed by atoms with Crippen molar-refractivity contribution < 1.29 is 45.3 Å². The van der Waals surface area contributed by atoms with E-state index in [0.717, 1.165) is 0 Å². The second kappa shape index (κ2) is 23.2. The Bertz CT molecular complexity index is 689. The van der Waals surface area contributed by atoms with Gasteiger partial charge < -0.3 is 30.2 Å². The van der Waals surface area contributed by atoms with Crippen LogP contribution in [0, 0.1) is 16.2 Å². The molecule has 0 aliphatic rings. The Hall–Kier alpha value is -1.15. The van der Waals surface area contributed by atoms with Crippen LogP contribution in [0.2, 0.25) is 0 Å². The van der Waals surface area contributed by atoms with E-state index in [9.17, 15) is 31.1 Å². The number of ether oxygens (including phenoxy) is 3. The lowest BCUT2D eigenvalue weighted by Gasteiger charge is -2.26. The van der Waals surface area contributed by atoms with Crippen molar-refractivity contribution in [2.24, 2.45) is 16.2 Å². The molecule has 0 saturated heterocycles. The summed E-state index contributed by atoms with van der Waals surface area (Å²) in [7, 11) is 0. The fourth-order valence-electron chi connectivity index (χ4n) is 2.78. The fourth-order valence-corrected chi connectivity index (χ4v) is 2.78. The van der Waals surface area contributed by atoms with Crippen LogP contribution in [0.15, 0.2) is 0 Å². The summed E-state index contributed by atoms with van der Waals surface area (Å²) in [6, 6.07) is 0. The molecule has 0 heterocycles. The van der Waals surface area contributed by atoms with E-state index in [1.165, 1.54) is 0 Å². The molecule has 0 atom stereocenters. The second-order valence-corrected chi connectivity index (χ2v) is 13.7. The van der Waals surface area contributed by atoms with Crippen molar-refractivity contribution in [3.8, 4) is 0 Å². The molecule has 0 fully saturated rings. The van der Waals surface area contributed by atoms with E-state index >= 15 is 0 Å². The molecule has 1 amide bonds. The molecule has 0 aliphatic heterocycles. The maximum Gasteiger partial charge on any atom is 0.401 e. The van der Waals surface area contributed by atoms with Gasteiger partial charge >= 0.3 is 6.18 Å². The Labute approximate surface area is 256 Å². The predicted octanol–water partition coefficient (Wildman–Crippen LogP) is 6.41. The SMILES string of the molecule is CC(C)OCC(C)(C)CNC(=O)CF.CC(C)OCC(C)(C)CNCC(F)(F)F.CC(C)OCC(C)(C)CNCC(F)F. The first-order valence-corrected chi connectivity index (χ1v) is 14.8. The van der Waals surface area contributed by atoms with Gasteiger partial charge in [-0.15, -0.1) is 0 Å². The van der Waals surface area contributed by atoms with E-state index in [2.05, 4.69) is 16.0 Å². The van der Waals surface area contributed by atoms with Crippen molar-refractivity contribution in [1.82, 2.24) is 16.0 Å². The number of carbonyl (C=O) groups is 1. The van der Waals surface area contributed by atoms with Crippen LogP contribution < -0.4 is 16.0 Å². The molecule has 262 valence electrons. The van der Waals surface area contributed by atoms with Gasteiger partial charge in [0.25, 0.3) is 12.3 Å². The lowest BCUT2D eigenvalue weighted by Crippen LogP contribution is -2.38. The second-order valence-electron chi connectivity index (χ2n) is 13.7. The third kappa shape index (κ3) is 38.8. The van der Waals surface area contributed by atoms with Crippen molar-refractivity contribution in [2.45, 2.75) is 114 Å². The minimum atomic E-state index is -4.14. The van der Waals surface area contributed by atoms with Crippen LogP contribution in [0.4, 0.5) is 26.3 Å². The summed E-state index contributed by atoms with van der Waals surface area (Å²) < 4.78 is 87.3. The Kier molecular flexibility index (Phi) is 25.0. The first-order chi connectivity index (χ1) is 19.3. The molecule has 13 heteroatoms. The van der Waals surface area contributed by atoms with E-state index in [4.69, 9.17) is 14.2 Å². The van der Waals surface area contributed by atoms with Gasteiger partial charge in [-0.05, 0) is 41.5 Å². The monoisotopic (exact) mass is 641 g/mol.